The molecule has 0 aliphatic carbocycles. The molecule has 1 rings (SSSR count). The normalized spacial score (nSPS) is 10.1. The van der Waals surface area contributed by atoms with Crippen LogP contribution in [-0.4, -0.2) is 43.6 Å². The van der Waals surface area contributed by atoms with Crippen LogP contribution in [0.25, 0.3) is 0 Å². The molecule has 0 radical (unpaired) electrons. The van der Waals surface area contributed by atoms with Crippen LogP contribution in [0.1, 0.15) is 37.0 Å². The summed E-state index contributed by atoms with van der Waals surface area (Å²) in [5.74, 6) is -0.152. The van der Waals surface area contributed by atoms with E-state index >= 15 is 0 Å². The Hall–Kier alpha value is -2.24. The van der Waals surface area contributed by atoms with E-state index in [1.54, 1.807) is 17.0 Å². The smallest absolute Gasteiger partial charge is 0.337 e. The summed E-state index contributed by atoms with van der Waals surface area (Å²) in [7, 11) is 1.30. The third-order valence-electron chi connectivity index (χ3n) is 3.12. The topological polar surface area (TPSA) is 81.9 Å². The van der Waals surface area contributed by atoms with Gasteiger partial charge in [0.2, 0.25) is 0 Å². The van der Waals surface area contributed by atoms with Gasteiger partial charge < -0.3 is 20.1 Å². The van der Waals surface area contributed by atoms with Crippen LogP contribution in [0.15, 0.2) is 18.2 Å². The first-order valence-electron chi connectivity index (χ1n) is 7.41. The van der Waals surface area contributed by atoms with Gasteiger partial charge in [0.15, 0.2) is 6.61 Å². The lowest BCUT2D eigenvalue weighted by molar-refractivity contribution is -0.133. The van der Waals surface area contributed by atoms with Crippen molar-refractivity contribution in [3.8, 4) is 5.75 Å². The molecule has 2 N–H and O–H groups in total. The number of nitrogens with two attached hydrogens (primary N) is 1. The van der Waals surface area contributed by atoms with E-state index in [2.05, 4.69) is 4.74 Å². The van der Waals surface area contributed by atoms with Crippen LogP contribution in [0.2, 0.25) is 0 Å². The molecule has 0 heterocycles. The maximum atomic E-state index is 12.1. The van der Waals surface area contributed by atoms with E-state index < -0.39 is 5.97 Å². The van der Waals surface area contributed by atoms with Gasteiger partial charge in [0.05, 0.1) is 18.4 Å². The second kappa shape index (κ2) is 8.92. The van der Waals surface area contributed by atoms with E-state index in [4.69, 9.17) is 10.5 Å². The van der Waals surface area contributed by atoms with E-state index in [-0.39, 0.29) is 12.5 Å². The highest BCUT2D eigenvalue weighted by Crippen LogP contribution is 2.23. The van der Waals surface area contributed by atoms with Gasteiger partial charge in [-0.2, -0.15) is 0 Å². The summed E-state index contributed by atoms with van der Waals surface area (Å²) in [5, 5.41) is 0. The summed E-state index contributed by atoms with van der Waals surface area (Å²) in [6.07, 6.45) is 1.81. The van der Waals surface area contributed by atoms with Crippen molar-refractivity contribution < 1.29 is 19.1 Å². The minimum atomic E-state index is -0.466. The fourth-order valence-corrected chi connectivity index (χ4v) is 2.06. The zero-order valence-electron chi connectivity index (χ0n) is 13.4. The van der Waals surface area contributed by atoms with Crippen molar-refractivity contribution in [3.63, 3.8) is 0 Å². The lowest BCUT2D eigenvalue weighted by atomic mass is 10.2. The van der Waals surface area contributed by atoms with Gasteiger partial charge >= 0.3 is 5.97 Å². The summed E-state index contributed by atoms with van der Waals surface area (Å²) in [6, 6.07) is 4.60. The van der Waals surface area contributed by atoms with E-state index in [1.807, 2.05) is 13.8 Å². The summed E-state index contributed by atoms with van der Waals surface area (Å²) < 4.78 is 10.1. The van der Waals surface area contributed by atoms with Crippen LogP contribution >= 0.6 is 0 Å². The van der Waals surface area contributed by atoms with Crippen LogP contribution in [0.3, 0.4) is 0 Å². The number of carbonyl (C=O) groups is 2. The highest BCUT2D eigenvalue weighted by Gasteiger charge is 2.14. The molecule has 0 aromatic heterocycles. The number of carbonyl (C=O) groups excluding carboxylic acids is 2. The van der Waals surface area contributed by atoms with Gasteiger partial charge in [-0.05, 0) is 31.0 Å². The molecule has 1 aromatic rings. The molecule has 0 bridgehead atoms. The van der Waals surface area contributed by atoms with Crippen molar-refractivity contribution in [2.24, 2.45) is 0 Å². The molecule has 0 atom stereocenters. The Balaban J connectivity index is 2.67. The standard InChI is InChI=1S/C16H24N2O4/c1-4-8-18(9-5-2)15(19)11-22-14-7-6-12(10-13(14)17)16(20)21-3/h6-7,10H,4-5,8-9,11,17H2,1-3H3. The second-order valence-corrected chi connectivity index (χ2v) is 4.91. The number of hydrogen-bond donors (Lipinski definition) is 1. The Morgan fingerprint density at radius 1 is 1.18 bits per heavy atom. The lowest BCUT2D eigenvalue weighted by Gasteiger charge is -2.21. The zero-order chi connectivity index (χ0) is 16.5. The quantitative estimate of drug-likeness (QED) is 0.587. The molecule has 1 amide bonds. The fraction of sp³-hybridized carbons (Fsp3) is 0.500. The van der Waals surface area contributed by atoms with Crippen LogP contribution in [0.4, 0.5) is 5.69 Å². The van der Waals surface area contributed by atoms with Crippen molar-refractivity contribution in [1.29, 1.82) is 0 Å². The Kier molecular flexibility index (Phi) is 7.22. The van der Waals surface area contributed by atoms with Gasteiger partial charge in [-0.25, -0.2) is 4.79 Å². The number of benzene rings is 1. The molecule has 0 saturated heterocycles. The van der Waals surface area contributed by atoms with Crippen LogP contribution in [0.5, 0.6) is 5.75 Å². The van der Waals surface area contributed by atoms with Crippen molar-refractivity contribution in [1.82, 2.24) is 4.90 Å². The van der Waals surface area contributed by atoms with Crippen LogP contribution in [0, 0.1) is 0 Å². The van der Waals surface area contributed by atoms with Gasteiger partial charge in [-0.15, -0.1) is 0 Å². The van der Waals surface area contributed by atoms with Gasteiger partial charge in [0.1, 0.15) is 5.75 Å². The summed E-state index contributed by atoms with van der Waals surface area (Å²) in [4.78, 5) is 25.3. The molecule has 6 heteroatoms. The van der Waals surface area contributed by atoms with Crippen molar-refractivity contribution >= 4 is 17.6 Å². The molecule has 0 spiro atoms. The SMILES string of the molecule is CCCN(CCC)C(=O)COc1ccc(C(=O)OC)cc1N. The molecule has 0 saturated carbocycles. The third-order valence-corrected chi connectivity index (χ3v) is 3.12. The predicted molar refractivity (Wildman–Crippen MR) is 84.9 cm³/mol. The number of rotatable bonds is 8. The predicted octanol–water partition coefficient (Wildman–Crippen LogP) is 2.08. The van der Waals surface area contributed by atoms with E-state index in [0.717, 1.165) is 12.8 Å². The molecular weight excluding hydrogens is 284 g/mol. The third kappa shape index (κ3) is 4.95. The average molecular weight is 308 g/mol. The number of ether oxygens (including phenoxy) is 2. The molecular formula is C16H24N2O4. The zero-order valence-corrected chi connectivity index (χ0v) is 13.4. The fourth-order valence-electron chi connectivity index (χ4n) is 2.06. The van der Waals surface area contributed by atoms with Crippen LogP contribution in [-0.2, 0) is 9.53 Å². The summed E-state index contributed by atoms with van der Waals surface area (Å²) >= 11 is 0. The average Bonchev–Trinajstić information content (AvgIpc) is 2.52. The highest BCUT2D eigenvalue weighted by molar-refractivity contribution is 5.91. The molecule has 0 fully saturated rings. The number of methoxy groups -OCH3 is 1. The Morgan fingerprint density at radius 2 is 1.82 bits per heavy atom. The van der Waals surface area contributed by atoms with Gasteiger partial charge in [-0.1, -0.05) is 13.8 Å². The molecule has 0 aliphatic rings. The second-order valence-electron chi connectivity index (χ2n) is 4.91. The van der Waals surface area contributed by atoms with E-state index in [0.29, 0.717) is 30.1 Å². The largest absolute Gasteiger partial charge is 0.482 e. The van der Waals surface area contributed by atoms with E-state index in [1.165, 1.54) is 13.2 Å². The first kappa shape index (κ1) is 17.8. The molecule has 22 heavy (non-hydrogen) atoms. The van der Waals surface area contributed by atoms with Gasteiger partial charge in [0, 0.05) is 13.1 Å². The Bertz CT molecular complexity index is 511. The number of amides is 1. The molecule has 122 valence electrons. The minimum absolute atomic E-state index is 0.0677. The molecule has 6 nitrogen and oxygen atoms in total. The molecule has 0 unspecified atom stereocenters. The van der Waals surface area contributed by atoms with Gasteiger partial charge in [-0.3, -0.25) is 4.79 Å². The summed E-state index contributed by atoms with van der Waals surface area (Å²) in [5.41, 5.74) is 6.48. The first-order valence-corrected chi connectivity index (χ1v) is 7.41. The first-order chi connectivity index (χ1) is 10.5. The van der Waals surface area contributed by atoms with E-state index in [9.17, 15) is 9.59 Å². The molecule has 1 aromatic carbocycles. The number of nitrogens with zero attached hydrogens (tertiary/aromatic N) is 1. The van der Waals surface area contributed by atoms with Crippen LogP contribution < -0.4 is 10.5 Å². The van der Waals surface area contributed by atoms with Crippen molar-refractivity contribution in [2.45, 2.75) is 26.7 Å². The maximum absolute atomic E-state index is 12.1. The Morgan fingerprint density at radius 3 is 2.32 bits per heavy atom. The number of anilines is 1. The lowest BCUT2D eigenvalue weighted by Crippen LogP contribution is -2.36. The van der Waals surface area contributed by atoms with Crippen molar-refractivity contribution in [2.75, 3.05) is 32.5 Å². The molecule has 0 aliphatic heterocycles. The number of esters is 1. The minimum Gasteiger partial charge on any atom is -0.482 e. The van der Waals surface area contributed by atoms with Gasteiger partial charge in [0.25, 0.3) is 5.91 Å². The van der Waals surface area contributed by atoms with Crippen molar-refractivity contribution in [3.05, 3.63) is 23.8 Å². The number of hydrogen-bond acceptors (Lipinski definition) is 5. The monoisotopic (exact) mass is 308 g/mol. The summed E-state index contributed by atoms with van der Waals surface area (Å²) in [6.45, 7) is 5.42. The highest BCUT2D eigenvalue weighted by atomic mass is 16.5. The maximum Gasteiger partial charge on any atom is 0.337 e. The Labute approximate surface area is 131 Å². The number of nitrogen functional groups attached to an aromatic ring is 1.